The number of sulfonamides is 1. The third-order valence-corrected chi connectivity index (χ3v) is 7.47. The molecule has 0 spiro atoms. The Labute approximate surface area is 174 Å². The third-order valence-electron chi connectivity index (χ3n) is 3.52. The average molecular weight is 468 g/mol. The minimum absolute atomic E-state index is 0.0619. The number of aromatic hydroxyl groups is 1. The third kappa shape index (κ3) is 5.86. The van der Waals surface area contributed by atoms with Crippen LogP contribution in [0.3, 0.4) is 0 Å². The molecule has 2 rings (SSSR count). The molecule has 0 unspecified atom stereocenters. The molecule has 0 aliphatic rings. The van der Waals surface area contributed by atoms with Gasteiger partial charge in [-0.15, -0.1) is 0 Å². The Morgan fingerprint density at radius 1 is 1.07 bits per heavy atom. The van der Waals surface area contributed by atoms with Crippen LogP contribution in [0.4, 0.5) is 5.69 Å². The Hall–Kier alpha value is -1.28. The number of anilines is 1. The van der Waals surface area contributed by atoms with Crippen LogP contribution in [0.15, 0.2) is 41.3 Å². The lowest BCUT2D eigenvalue weighted by molar-refractivity contribution is 0.219. The van der Waals surface area contributed by atoms with E-state index < -0.39 is 28.3 Å². The van der Waals surface area contributed by atoms with Gasteiger partial charge in [0.25, 0.3) is 10.0 Å². The molecule has 0 fully saturated rings. The van der Waals surface area contributed by atoms with Crippen molar-refractivity contribution >= 4 is 46.5 Å². The van der Waals surface area contributed by atoms with Crippen LogP contribution in [0.1, 0.15) is 19.4 Å². The summed E-state index contributed by atoms with van der Waals surface area (Å²) in [6, 6.07) is 8.54. The van der Waals surface area contributed by atoms with Crippen LogP contribution in [-0.4, -0.2) is 26.7 Å². The minimum atomic E-state index is -4.13. The summed E-state index contributed by atoms with van der Waals surface area (Å²) in [6.07, 6.45) is 0.0619. The molecule has 2 aromatic rings. The van der Waals surface area contributed by atoms with E-state index in [1.165, 1.54) is 18.2 Å². The van der Waals surface area contributed by atoms with E-state index in [2.05, 4.69) is 4.72 Å². The molecule has 2 aromatic carbocycles. The molecule has 0 heterocycles. The Bertz CT molecular complexity index is 972. The molecular weight excluding hydrogens is 448 g/mol. The van der Waals surface area contributed by atoms with Crippen LogP contribution in [-0.2, 0) is 29.8 Å². The highest BCUT2D eigenvalue weighted by Crippen LogP contribution is 2.51. The van der Waals surface area contributed by atoms with Gasteiger partial charge >= 0.3 is 7.60 Å². The van der Waals surface area contributed by atoms with Crippen LogP contribution in [0.2, 0.25) is 10.0 Å². The molecule has 0 bridgehead atoms. The number of nitrogens with one attached hydrogen (secondary N) is 1. The molecular formula is C17H20Cl2NO6PS. The Morgan fingerprint density at radius 2 is 1.64 bits per heavy atom. The van der Waals surface area contributed by atoms with E-state index in [-0.39, 0.29) is 35.1 Å². The first-order valence-electron chi connectivity index (χ1n) is 8.28. The van der Waals surface area contributed by atoms with E-state index in [9.17, 15) is 18.1 Å². The topological polar surface area (TPSA) is 102 Å². The largest absolute Gasteiger partial charge is 0.505 e. The first kappa shape index (κ1) is 23.0. The molecule has 0 amide bonds. The Morgan fingerprint density at radius 3 is 2.18 bits per heavy atom. The lowest BCUT2D eigenvalue weighted by Gasteiger charge is -2.17. The van der Waals surface area contributed by atoms with Gasteiger partial charge < -0.3 is 14.2 Å². The monoisotopic (exact) mass is 467 g/mol. The van der Waals surface area contributed by atoms with E-state index in [4.69, 9.17) is 32.2 Å². The number of hydrogen-bond acceptors (Lipinski definition) is 6. The summed E-state index contributed by atoms with van der Waals surface area (Å²) in [5.74, 6) is -0.593. The van der Waals surface area contributed by atoms with Crippen molar-refractivity contribution in [3.63, 3.8) is 0 Å². The van der Waals surface area contributed by atoms with Crippen molar-refractivity contribution in [2.75, 3.05) is 17.9 Å². The molecule has 0 saturated carbocycles. The normalized spacial score (nSPS) is 12.1. The maximum absolute atomic E-state index is 12.6. The highest BCUT2D eigenvalue weighted by Gasteiger charge is 2.25. The summed E-state index contributed by atoms with van der Waals surface area (Å²) in [4.78, 5) is -0.439. The summed E-state index contributed by atoms with van der Waals surface area (Å²) < 4.78 is 50.5. The summed E-state index contributed by atoms with van der Waals surface area (Å²) in [5, 5.41) is 9.84. The smallest absolute Gasteiger partial charge is 0.335 e. The van der Waals surface area contributed by atoms with Crippen LogP contribution in [0.25, 0.3) is 0 Å². The van der Waals surface area contributed by atoms with Crippen LogP contribution < -0.4 is 4.72 Å². The van der Waals surface area contributed by atoms with E-state index in [1.54, 1.807) is 26.0 Å². The van der Waals surface area contributed by atoms with Crippen molar-refractivity contribution < 1.29 is 27.1 Å². The highest BCUT2D eigenvalue weighted by molar-refractivity contribution is 7.92. The zero-order valence-corrected chi connectivity index (χ0v) is 18.4. The van der Waals surface area contributed by atoms with Crippen molar-refractivity contribution in [2.24, 2.45) is 0 Å². The molecule has 0 aromatic heterocycles. The van der Waals surface area contributed by atoms with Crippen molar-refractivity contribution in [2.45, 2.75) is 24.9 Å². The number of phenols is 1. The molecule has 0 aliphatic heterocycles. The van der Waals surface area contributed by atoms with Crippen LogP contribution in [0.5, 0.6) is 5.75 Å². The van der Waals surface area contributed by atoms with Crippen molar-refractivity contribution in [1.82, 2.24) is 0 Å². The fraction of sp³-hybridized carbons (Fsp3) is 0.294. The predicted molar refractivity (Wildman–Crippen MR) is 110 cm³/mol. The number of rotatable bonds is 9. The maximum atomic E-state index is 12.6. The molecule has 28 heavy (non-hydrogen) atoms. The highest BCUT2D eigenvalue weighted by atomic mass is 35.5. The first-order chi connectivity index (χ1) is 13.1. The van der Waals surface area contributed by atoms with Gasteiger partial charge in [0, 0.05) is 10.7 Å². The summed E-state index contributed by atoms with van der Waals surface area (Å²) in [5.41, 5.74) is 0.892. The van der Waals surface area contributed by atoms with Crippen molar-refractivity contribution in [1.29, 1.82) is 0 Å². The number of halogens is 2. The second kappa shape index (κ2) is 9.48. The SMILES string of the molecule is CCOP(=O)(Cc1ccc(NS(=O)(=O)c2cc(Cl)cc(Cl)c2O)cc1)OCC. The van der Waals surface area contributed by atoms with Gasteiger partial charge in [-0.2, -0.15) is 0 Å². The number of phenolic OH excluding ortho intramolecular Hbond substituents is 1. The van der Waals surface area contributed by atoms with Gasteiger partial charge in [0.1, 0.15) is 4.90 Å². The fourth-order valence-corrected chi connectivity index (χ4v) is 5.90. The van der Waals surface area contributed by atoms with Gasteiger partial charge in [-0.3, -0.25) is 9.29 Å². The summed E-state index contributed by atoms with van der Waals surface area (Å²) in [7, 11) is -7.39. The molecule has 0 radical (unpaired) electrons. The van der Waals surface area contributed by atoms with Gasteiger partial charge in [0.15, 0.2) is 5.75 Å². The maximum Gasteiger partial charge on any atom is 0.335 e. The standard InChI is InChI=1S/C17H20Cl2NO6PS/c1-3-25-27(22,26-4-2)11-12-5-7-14(8-6-12)20-28(23,24)16-10-13(18)9-15(19)17(16)21/h5-10,20-21H,3-4,11H2,1-2H3. The molecule has 154 valence electrons. The zero-order chi connectivity index (χ0) is 20.9. The number of benzene rings is 2. The van der Waals surface area contributed by atoms with Crippen molar-refractivity contribution in [3.8, 4) is 5.75 Å². The van der Waals surface area contributed by atoms with Gasteiger partial charge in [0.05, 0.1) is 24.4 Å². The predicted octanol–water partition coefficient (Wildman–Crippen LogP) is 5.27. The zero-order valence-electron chi connectivity index (χ0n) is 15.2. The molecule has 0 saturated heterocycles. The van der Waals surface area contributed by atoms with E-state index in [0.717, 1.165) is 6.07 Å². The molecule has 0 aliphatic carbocycles. The van der Waals surface area contributed by atoms with Crippen LogP contribution in [0, 0.1) is 0 Å². The van der Waals surface area contributed by atoms with Gasteiger partial charge in [-0.1, -0.05) is 35.3 Å². The quantitative estimate of drug-likeness (QED) is 0.487. The molecule has 0 atom stereocenters. The molecule has 7 nitrogen and oxygen atoms in total. The number of hydrogen-bond donors (Lipinski definition) is 2. The van der Waals surface area contributed by atoms with Gasteiger partial charge in [0.2, 0.25) is 0 Å². The molecule has 2 N–H and O–H groups in total. The van der Waals surface area contributed by atoms with Crippen molar-refractivity contribution in [3.05, 3.63) is 52.0 Å². The van der Waals surface area contributed by atoms with Crippen LogP contribution >= 0.6 is 30.8 Å². The summed E-state index contributed by atoms with van der Waals surface area (Å²) >= 11 is 11.6. The van der Waals surface area contributed by atoms with E-state index >= 15 is 0 Å². The lowest BCUT2D eigenvalue weighted by Crippen LogP contribution is -2.13. The second-order valence-corrected chi connectivity index (χ2v) is 10.2. The lowest BCUT2D eigenvalue weighted by atomic mass is 10.2. The Balaban J connectivity index is 2.21. The summed E-state index contributed by atoms with van der Waals surface area (Å²) in [6.45, 7) is 3.95. The first-order valence-corrected chi connectivity index (χ1v) is 12.2. The average Bonchev–Trinajstić information content (AvgIpc) is 2.60. The fourth-order valence-electron chi connectivity index (χ4n) is 2.38. The Kier molecular flexibility index (Phi) is 7.79. The van der Waals surface area contributed by atoms with Gasteiger partial charge in [-0.05, 0) is 43.7 Å². The van der Waals surface area contributed by atoms with E-state index in [0.29, 0.717) is 5.56 Å². The van der Waals surface area contributed by atoms with Gasteiger partial charge in [-0.25, -0.2) is 8.42 Å². The molecule has 11 heteroatoms. The minimum Gasteiger partial charge on any atom is -0.505 e. The van der Waals surface area contributed by atoms with E-state index in [1.807, 2.05) is 0 Å². The second-order valence-electron chi connectivity index (χ2n) is 5.64.